The van der Waals surface area contributed by atoms with Crippen molar-refractivity contribution >= 4 is 0 Å². The highest BCUT2D eigenvalue weighted by Crippen LogP contribution is 2.22. The van der Waals surface area contributed by atoms with Gasteiger partial charge in [0.25, 0.3) is 0 Å². The lowest BCUT2D eigenvalue weighted by Crippen LogP contribution is -2.00. The zero-order valence-corrected chi connectivity index (χ0v) is 10.9. The summed E-state index contributed by atoms with van der Waals surface area (Å²) in [5.74, 6) is 1.01. The van der Waals surface area contributed by atoms with Crippen molar-refractivity contribution in [3.63, 3.8) is 0 Å². The molecule has 0 fully saturated rings. The summed E-state index contributed by atoms with van der Waals surface area (Å²) in [5, 5.41) is 0. The van der Waals surface area contributed by atoms with Gasteiger partial charge in [0.05, 0.1) is 0 Å². The second-order valence-electron chi connectivity index (χ2n) is 4.72. The molecule has 0 rings (SSSR count). The average Bonchev–Trinajstić information content (AvgIpc) is 2.24. The van der Waals surface area contributed by atoms with Crippen LogP contribution in [0.25, 0.3) is 0 Å². The van der Waals surface area contributed by atoms with Gasteiger partial charge in [0.2, 0.25) is 0 Å². The van der Waals surface area contributed by atoms with E-state index in [4.69, 9.17) is 0 Å². The fraction of sp³-hybridized carbons (Fsp3) is 0.867. The van der Waals surface area contributed by atoms with E-state index in [1.54, 1.807) is 0 Å². The van der Waals surface area contributed by atoms with Crippen LogP contribution in [0.3, 0.4) is 0 Å². The number of hydrogen-bond acceptors (Lipinski definition) is 0. The van der Waals surface area contributed by atoms with Crippen LogP contribution < -0.4 is 0 Å². The molecule has 1 unspecified atom stereocenters. The van der Waals surface area contributed by atoms with E-state index in [1.807, 2.05) is 6.08 Å². The molecule has 0 bridgehead atoms. The monoisotopic (exact) mass is 210 g/mol. The predicted octanol–water partition coefficient (Wildman–Crippen LogP) is 5.73. The maximum atomic E-state index is 3.77. The van der Waals surface area contributed by atoms with Gasteiger partial charge in [-0.2, -0.15) is 0 Å². The molecule has 0 amide bonds. The highest BCUT2D eigenvalue weighted by molar-refractivity contribution is 4.67. The van der Waals surface area contributed by atoms with E-state index in [0.717, 1.165) is 5.92 Å². The molecule has 90 valence electrons. The van der Waals surface area contributed by atoms with Crippen LogP contribution in [0.4, 0.5) is 0 Å². The molecule has 1 atom stereocenters. The summed E-state index contributed by atoms with van der Waals surface area (Å²) < 4.78 is 0. The van der Waals surface area contributed by atoms with Crippen molar-refractivity contribution in [1.82, 2.24) is 0 Å². The van der Waals surface area contributed by atoms with Crippen molar-refractivity contribution in [1.29, 1.82) is 0 Å². The third-order valence-corrected chi connectivity index (χ3v) is 3.18. The Bertz CT molecular complexity index is 126. The SMILES string of the molecule is C=CCCCCC(CCC)CCCCC. The molecule has 0 aliphatic heterocycles. The van der Waals surface area contributed by atoms with Crippen LogP contribution in [0.2, 0.25) is 0 Å². The van der Waals surface area contributed by atoms with Crippen molar-refractivity contribution in [2.45, 2.75) is 78.1 Å². The third-order valence-electron chi connectivity index (χ3n) is 3.18. The smallest absolute Gasteiger partial charge is 0.0353 e. The van der Waals surface area contributed by atoms with E-state index in [2.05, 4.69) is 20.4 Å². The van der Waals surface area contributed by atoms with Gasteiger partial charge in [-0.15, -0.1) is 6.58 Å². The van der Waals surface area contributed by atoms with Crippen LogP contribution >= 0.6 is 0 Å². The van der Waals surface area contributed by atoms with Crippen molar-refractivity contribution < 1.29 is 0 Å². The lowest BCUT2D eigenvalue weighted by Gasteiger charge is -2.15. The largest absolute Gasteiger partial charge is 0.103 e. The van der Waals surface area contributed by atoms with Gasteiger partial charge in [-0.05, 0) is 18.8 Å². The van der Waals surface area contributed by atoms with Crippen LogP contribution in [0.1, 0.15) is 78.1 Å². The molecule has 0 aliphatic rings. The lowest BCUT2D eigenvalue weighted by molar-refractivity contribution is 0.384. The van der Waals surface area contributed by atoms with E-state index < -0.39 is 0 Å². The fourth-order valence-corrected chi connectivity index (χ4v) is 2.25. The average molecular weight is 210 g/mol. The summed E-state index contributed by atoms with van der Waals surface area (Å²) in [4.78, 5) is 0. The number of hydrogen-bond donors (Lipinski definition) is 0. The maximum absolute atomic E-state index is 3.77. The molecule has 0 aromatic rings. The zero-order chi connectivity index (χ0) is 11.4. The zero-order valence-electron chi connectivity index (χ0n) is 10.9. The predicted molar refractivity (Wildman–Crippen MR) is 71.2 cm³/mol. The molecule has 0 saturated heterocycles. The minimum atomic E-state index is 1.01. The quantitative estimate of drug-likeness (QED) is 0.302. The van der Waals surface area contributed by atoms with E-state index in [-0.39, 0.29) is 0 Å². The highest BCUT2D eigenvalue weighted by atomic mass is 14.1. The lowest BCUT2D eigenvalue weighted by atomic mass is 9.91. The molecular formula is C15H30. The van der Waals surface area contributed by atoms with Crippen molar-refractivity contribution in [3.8, 4) is 0 Å². The molecule has 0 saturated carbocycles. The number of rotatable bonds is 11. The number of allylic oxidation sites excluding steroid dienone is 1. The molecule has 0 heteroatoms. The summed E-state index contributed by atoms with van der Waals surface area (Å²) in [5.41, 5.74) is 0. The van der Waals surface area contributed by atoms with E-state index in [0.29, 0.717) is 0 Å². The Morgan fingerprint density at radius 2 is 1.53 bits per heavy atom. The molecule has 0 radical (unpaired) electrons. The highest BCUT2D eigenvalue weighted by Gasteiger charge is 2.06. The molecule has 0 aromatic heterocycles. The molecule has 0 N–H and O–H groups in total. The molecule has 0 nitrogen and oxygen atoms in total. The van der Waals surface area contributed by atoms with Crippen LogP contribution in [-0.2, 0) is 0 Å². The first-order valence-corrected chi connectivity index (χ1v) is 6.96. The third kappa shape index (κ3) is 10.0. The van der Waals surface area contributed by atoms with Gasteiger partial charge in [0.15, 0.2) is 0 Å². The van der Waals surface area contributed by atoms with Gasteiger partial charge in [-0.3, -0.25) is 0 Å². The van der Waals surface area contributed by atoms with E-state index in [1.165, 1.54) is 64.2 Å². The number of unbranched alkanes of at least 4 members (excludes halogenated alkanes) is 4. The van der Waals surface area contributed by atoms with Gasteiger partial charge >= 0.3 is 0 Å². The first kappa shape index (κ1) is 14.7. The van der Waals surface area contributed by atoms with Crippen molar-refractivity contribution in [3.05, 3.63) is 12.7 Å². The van der Waals surface area contributed by atoms with Crippen LogP contribution in [0, 0.1) is 5.92 Å². The Hall–Kier alpha value is -0.260. The van der Waals surface area contributed by atoms with Crippen molar-refractivity contribution in [2.75, 3.05) is 0 Å². The molecular weight excluding hydrogens is 180 g/mol. The van der Waals surface area contributed by atoms with Crippen LogP contribution in [0.5, 0.6) is 0 Å². The molecule has 0 aliphatic carbocycles. The van der Waals surface area contributed by atoms with Crippen LogP contribution in [-0.4, -0.2) is 0 Å². The Balaban J connectivity index is 3.48. The van der Waals surface area contributed by atoms with Crippen LogP contribution in [0.15, 0.2) is 12.7 Å². The van der Waals surface area contributed by atoms with Gasteiger partial charge in [-0.1, -0.05) is 71.3 Å². The first-order valence-electron chi connectivity index (χ1n) is 6.96. The standard InChI is InChI=1S/C15H30/c1-4-7-9-11-14-15(12-6-3)13-10-8-5-2/h4,15H,1,5-14H2,2-3H3. The first-order chi connectivity index (χ1) is 7.35. The Kier molecular flexibility index (Phi) is 11.6. The fourth-order valence-electron chi connectivity index (χ4n) is 2.25. The molecule has 0 aromatic carbocycles. The van der Waals surface area contributed by atoms with Gasteiger partial charge in [-0.25, -0.2) is 0 Å². The Morgan fingerprint density at radius 3 is 2.07 bits per heavy atom. The van der Waals surface area contributed by atoms with Gasteiger partial charge < -0.3 is 0 Å². The molecule has 0 heterocycles. The van der Waals surface area contributed by atoms with E-state index in [9.17, 15) is 0 Å². The minimum absolute atomic E-state index is 1.01. The van der Waals surface area contributed by atoms with E-state index >= 15 is 0 Å². The molecule has 15 heavy (non-hydrogen) atoms. The summed E-state index contributed by atoms with van der Waals surface area (Å²) in [6, 6.07) is 0. The van der Waals surface area contributed by atoms with Gasteiger partial charge in [0, 0.05) is 0 Å². The second kappa shape index (κ2) is 11.8. The summed E-state index contributed by atoms with van der Waals surface area (Å²) >= 11 is 0. The Morgan fingerprint density at radius 1 is 0.867 bits per heavy atom. The summed E-state index contributed by atoms with van der Waals surface area (Å²) in [6.07, 6.45) is 15.9. The Labute approximate surface area is 97.2 Å². The summed E-state index contributed by atoms with van der Waals surface area (Å²) in [6.45, 7) is 8.38. The topological polar surface area (TPSA) is 0 Å². The second-order valence-corrected chi connectivity index (χ2v) is 4.72. The summed E-state index contributed by atoms with van der Waals surface area (Å²) in [7, 11) is 0. The minimum Gasteiger partial charge on any atom is -0.103 e. The van der Waals surface area contributed by atoms with Crippen molar-refractivity contribution in [2.24, 2.45) is 5.92 Å². The molecule has 0 spiro atoms. The van der Waals surface area contributed by atoms with Gasteiger partial charge in [0.1, 0.15) is 0 Å². The maximum Gasteiger partial charge on any atom is -0.0353 e. The normalized spacial score (nSPS) is 12.7.